The fraction of sp³-hybridized carbons (Fsp3) is 1.00. The second kappa shape index (κ2) is 3.95. The van der Waals surface area contributed by atoms with Crippen LogP contribution in [0.2, 0.25) is 0 Å². The second-order valence-corrected chi connectivity index (χ2v) is 4.42. The molecule has 2 aliphatic rings. The van der Waals surface area contributed by atoms with E-state index in [9.17, 15) is 10.2 Å². The molecule has 3 nitrogen and oxygen atoms in total. The van der Waals surface area contributed by atoms with Crippen LogP contribution in [0.3, 0.4) is 0 Å². The van der Waals surface area contributed by atoms with Crippen molar-refractivity contribution in [3.05, 3.63) is 0 Å². The van der Waals surface area contributed by atoms with Crippen LogP contribution in [0.1, 0.15) is 38.5 Å². The Morgan fingerprint density at radius 1 is 0.846 bits per heavy atom. The van der Waals surface area contributed by atoms with Crippen molar-refractivity contribution >= 4 is 0 Å². The highest BCUT2D eigenvalue weighted by molar-refractivity contribution is 4.90. The lowest BCUT2D eigenvalue weighted by Gasteiger charge is -2.38. The Morgan fingerprint density at radius 3 is 2.00 bits per heavy atom. The van der Waals surface area contributed by atoms with Gasteiger partial charge in [0.2, 0.25) is 0 Å². The molecule has 3 heteroatoms. The summed E-state index contributed by atoms with van der Waals surface area (Å²) in [4.78, 5) is 0. The van der Waals surface area contributed by atoms with Gasteiger partial charge in [-0.3, -0.25) is 0 Å². The molecular weight excluding hydrogens is 166 g/mol. The summed E-state index contributed by atoms with van der Waals surface area (Å²) in [6, 6.07) is 0.864. The number of nitrogens with one attached hydrogen (secondary N) is 1. The highest BCUT2D eigenvalue weighted by Gasteiger charge is 2.31. The van der Waals surface area contributed by atoms with Crippen molar-refractivity contribution in [1.82, 2.24) is 5.32 Å². The standard InChI is InChI=1S/C10H19NO2/c12-8-3-1-7(2-4-8)11-9-5-6-10(9)13/h7-13H,1-6H2/t7?,8?,9-,10-/m1/s1. The number of rotatable bonds is 2. The highest BCUT2D eigenvalue weighted by Crippen LogP contribution is 2.24. The van der Waals surface area contributed by atoms with Gasteiger partial charge in [0.1, 0.15) is 0 Å². The maximum Gasteiger partial charge on any atom is 0.0693 e. The normalized spacial score (nSPS) is 45.7. The summed E-state index contributed by atoms with van der Waals surface area (Å²) in [7, 11) is 0. The van der Waals surface area contributed by atoms with E-state index in [0.717, 1.165) is 38.5 Å². The van der Waals surface area contributed by atoms with E-state index >= 15 is 0 Å². The first-order chi connectivity index (χ1) is 6.25. The van der Waals surface area contributed by atoms with Crippen LogP contribution >= 0.6 is 0 Å². The topological polar surface area (TPSA) is 52.5 Å². The Bertz CT molecular complexity index is 166. The molecule has 0 radical (unpaired) electrons. The molecule has 0 heterocycles. The summed E-state index contributed by atoms with van der Waals surface area (Å²) in [5.41, 5.74) is 0. The Hall–Kier alpha value is -0.120. The van der Waals surface area contributed by atoms with Crippen molar-refractivity contribution in [3.63, 3.8) is 0 Å². The molecule has 0 aromatic rings. The first-order valence-electron chi connectivity index (χ1n) is 5.38. The molecule has 76 valence electrons. The molecule has 13 heavy (non-hydrogen) atoms. The predicted octanol–water partition coefficient (Wildman–Crippen LogP) is 0.403. The Balaban J connectivity index is 1.70. The van der Waals surface area contributed by atoms with Crippen molar-refractivity contribution in [1.29, 1.82) is 0 Å². The molecule has 0 bridgehead atoms. The van der Waals surface area contributed by atoms with Gasteiger partial charge in [-0.15, -0.1) is 0 Å². The number of aliphatic hydroxyl groups is 2. The highest BCUT2D eigenvalue weighted by atomic mass is 16.3. The number of hydrogen-bond acceptors (Lipinski definition) is 3. The molecule has 2 atom stereocenters. The molecule has 2 saturated carbocycles. The summed E-state index contributed by atoms with van der Waals surface area (Å²) >= 11 is 0. The fourth-order valence-electron chi connectivity index (χ4n) is 2.22. The van der Waals surface area contributed by atoms with Gasteiger partial charge in [0.05, 0.1) is 12.2 Å². The molecule has 0 unspecified atom stereocenters. The zero-order valence-corrected chi connectivity index (χ0v) is 7.95. The first-order valence-corrected chi connectivity index (χ1v) is 5.38. The van der Waals surface area contributed by atoms with Crippen molar-refractivity contribution in [2.45, 2.75) is 62.8 Å². The Labute approximate surface area is 79.2 Å². The van der Waals surface area contributed by atoms with Crippen LogP contribution in [0.4, 0.5) is 0 Å². The third-order valence-corrected chi connectivity index (χ3v) is 3.38. The van der Waals surface area contributed by atoms with E-state index in [0.29, 0.717) is 12.1 Å². The van der Waals surface area contributed by atoms with Crippen LogP contribution in [0.5, 0.6) is 0 Å². The average Bonchev–Trinajstić information content (AvgIpc) is 2.15. The minimum atomic E-state index is -0.119. The van der Waals surface area contributed by atoms with E-state index in [1.54, 1.807) is 0 Å². The van der Waals surface area contributed by atoms with Crippen molar-refractivity contribution in [3.8, 4) is 0 Å². The van der Waals surface area contributed by atoms with Gasteiger partial charge >= 0.3 is 0 Å². The van der Waals surface area contributed by atoms with E-state index in [4.69, 9.17) is 0 Å². The van der Waals surface area contributed by atoms with Gasteiger partial charge in [-0.25, -0.2) is 0 Å². The molecule has 0 aromatic heterocycles. The van der Waals surface area contributed by atoms with Gasteiger partial charge in [0.25, 0.3) is 0 Å². The van der Waals surface area contributed by atoms with E-state index in [1.807, 2.05) is 0 Å². The van der Waals surface area contributed by atoms with Gasteiger partial charge < -0.3 is 15.5 Å². The molecule has 0 saturated heterocycles. The molecular formula is C10H19NO2. The van der Waals surface area contributed by atoms with Crippen LogP contribution in [-0.2, 0) is 0 Å². The maximum absolute atomic E-state index is 9.38. The zero-order valence-electron chi connectivity index (χ0n) is 7.95. The molecule has 2 aliphatic carbocycles. The fourth-order valence-corrected chi connectivity index (χ4v) is 2.22. The quantitative estimate of drug-likeness (QED) is 0.584. The monoisotopic (exact) mass is 185 g/mol. The molecule has 0 aromatic carbocycles. The molecule has 0 spiro atoms. The molecule has 2 rings (SSSR count). The van der Waals surface area contributed by atoms with Crippen LogP contribution in [0.15, 0.2) is 0 Å². The molecule has 0 aliphatic heterocycles. The van der Waals surface area contributed by atoms with Crippen LogP contribution < -0.4 is 5.32 Å². The van der Waals surface area contributed by atoms with Gasteiger partial charge in [0.15, 0.2) is 0 Å². The Morgan fingerprint density at radius 2 is 1.54 bits per heavy atom. The SMILES string of the molecule is OC1CCC(N[C@@H]2CC[C@H]2O)CC1. The summed E-state index contributed by atoms with van der Waals surface area (Å²) in [5, 5.41) is 22.2. The number of hydrogen-bond donors (Lipinski definition) is 3. The van der Waals surface area contributed by atoms with Crippen molar-refractivity contribution in [2.24, 2.45) is 0 Å². The van der Waals surface area contributed by atoms with Crippen molar-refractivity contribution in [2.75, 3.05) is 0 Å². The van der Waals surface area contributed by atoms with Gasteiger partial charge in [-0.05, 0) is 38.5 Å². The van der Waals surface area contributed by atoms with Crippen LogP contribution in [0, 0.1) is 0 Å². The van der Waals surface area contributed by atoms with E-state index in [-0.39, 0.29) is 12.2 Å². The van der Waals surface area contributed by atoms with Gasteiger partial charge in [-0.1, -0.05) is 0 Å². The summed E-state index contributed by atoms with van der Waals surface area (Å²) in [5.74, 6) is 0. The lowest BCUT2D eigenvalue weighted by Crippen LogP contribution is -2.52. The van der Waals surface area contributed by atoms with E-state index in [1.165, 1.54) is 0 Å². The van der Waals surface area contributed by atoms with Gasteiger partial charge in [0, 0.05) is 12.1 Å². The number of aliphatic hydroxyl groups excluding tert-OH is 2. The lowest BCUT2D eigenvalue weighted by atomic mass is 9.86. The largest absolute Gasteiger partial charge is 0.393 e. The summed E-state index contributed by atoms with van der Waals surface area (Å²) < 4.78 is 0. The predicted molar refractivity (Wildman–Crippen MR) is 50.4 cm³/mol. The molecule has 0 amide bonds. The maximum atomic E-state index is 9.38. The zero-order chi connectivity index (χ0) is 9.26. The van der Waals surface area contributed by atoms with Crippen LogP contribution in [-0.4, -0.2) is 34.5 Å². The van der Waals surface area contributed by atoms with Gasteiger partial charge in [-0.2, -0.15) is 0 Å². The van der Waals surface area contributed by atoms with Crippen molar-refractivity contribution < 1.29 is 10.2 Å². The lowest BCUT2D eigenvalue weighted by molar-refractivity contribution is 0.0348. The minimum absolute atomic E-state index is 0.0793. The summed E-state index contributed by atoms with van der Waals surface area (Å²) in [6.45, 7) is 0. The first kappa shape index (κ1) is 9.44. The smallest absolute Gasteiger partial charge is 0.0693 e. The third-order valence-electron chi connectivity index (χ3n) is 3.38. The second-order valence-electron chi connectivity index (χ2n) is 4.42. The molecule has 2 fully saturated rings. The Kier molecular flexibility index (Phi) is 2.86. The van der Waals surface area contributed by atoms with Crippen LogP contribution in [0.25, 0.3) is 0 Å². The van der Waals surface area contributed by atoms with E-state index in [2.05, 4.69) is 5.32 Å². The average molecular weight is 185 g/mol. The minimum Gasteiger partial charge on any atom is -0.393 e. The van der Waals surface area contributed by atoms with E-state index < -0.39 is 0 Å². The molecule has 3 N–H and O–H groups in total. The summed E-state index contributed by atoms with van der Waals surface area (Å²) in [6.07, 6.45) is 5.82. The third kappa shape index (κ3) is 2.22.